The summed E-state index contributed by atoms with van der Waals surface area (Å²) in [6.07, 6.45) is 3.36. The highest BCUT2D eigenvalue weighted by molar-refractivity contribution is 5.96. The van der Waals surface area contributed by atoms with Crippen LogP contribution in [0.25, 0.3) is 0 Å². The van der Waals surface area contributed by atoms with E-state index in [0.717, 1.165) is 19.3 Å². The van der Waals surface area contributed by atoms with Crippen molar-refractivity contribution in [3.8, 4) is 0 Å². The van der Waals surface area contributed by atoms with Crippen molar-refractivity contribution < 1.29 is 14.7 Å². The summed E-state index contributed by atoms with van der Waals surface area (Å²) in [6, 6.07) is 6.31. The van der Waals surface area contributed by atoms with E-state index in [2.05, 4.69) is 12.2 Å². The van der Waals surface area contributed by atoms with Gasteiger partial charge in [0.2, 0.25) is 0 Å². The highest BCUT2D eigenvalue weighted by Gasteiger charge is 2.37. The number of hydrogen-bond donors (Lipinski definition) is 2. The fourth-order valence-electron chi connectivity index (χ4n) is 2.13. The second-order valence-electron chi connectivity index (χ2n) is 4.75. The zero-order chi connectivity index (χ0) is 13.1. The van der Waals surface area contributed by atoms with Crippen molar-refractivity contribution in [1.29, 1.82) is 0 Å². The number of benzene rings is 1. The van der Waals surface area contributed by atoms with Gasteiger partial charge in [0, 0.05) is 11.6 Å². The number of rotatable bonds is 5. The molecule has 1 amide bonds. The van der Waals surface area contributed by atoms with E-state index in [0.29, 0.717) is 17.5 Å². The molecule has 2 N–H and O–H groups in total. The van der Waals surface area contributed by atoms with Crippen LogP contribution in [0.4, 0.5) is 0 Å². The van der Waals surface area contributed by atoms with Gasteiger partial charge in [-0.05, 0) is 43.0 Å². The predicted octanol–water partition coefficient (Wildman–Crippen LogP) is 2.30. The molecule has 1 aromatic carbocycles. The van der Waals surface area contributed by atoms with Gasteiger partial charge in [0.1, 0.15) is 0 Å². The van der Waals surface area contributed by atoms with E-state index in [1.165, 1.54) is 12.1 Å². The average molecular weight is 247 g/mol. The summed E-state index contributed by atoms with van der Waals surface area (Å²) in [4.78, 5) is 22.6. The lowest BCUT2D eigenvalue weighted by Gasteiger charge is -2.04. The second kappa shape index (κ2) is 5.21. The number of amides is 1. The lowest BCUT2D eigenvalue weighted by atomic mass is 10.1. The van der Waals surface area contributed by atoms with Gasteiger partial charge in [-0.25, -0.2) is 4.79 Å². The van der Waals surface area contributed by atoms with E-state index < -0.39 is 5.97 Å². The molecule has 0 spiro atoms. The van der Waals surface area contributed by atoms with E-state index in [1.54, 1.807) is 12.1 Å². The molecule has 0 saturated heterocycles. The summed E-state index contributed by atoms with van der Waals surface area (Å²) in [5.41, 5.74) is 0.712. The Balaban J connectivity index is 1.91. The number of nitrogens with one attached hydrogen (secondary N) is 1. The van der Waals surface area contributed by atoms with Crippen LogP contribution in [0.5, 0.6) is 0 Å². The van der Waals surface area contributed by atoms with Crippen LogP contribution in [0.1, 0.15) is 46.9 Å². The van der Waals surface area contributed by atoms with Crippen LogP contribution in [0.2, 0.25) is 0 Å². The van der Waals surface area contributed by atoms with Gasteiger partial charge in [-0.15, -0.1) is 0 Å². The molecule has 96 valence electrons. The minimum atomic E-state index is -0.979. The van der Waals surface area contributed by atoms with E-state index in [4.69, 9.17) is 5.11 Å². The summed E-state index contributed by atoms with van der Waals surface area (Å²) >= 11 is 0. The molecule has 18 heavy (non-hydrogen) atoms. The van der Waals surface area contributed by atoms with Crippen molar-refractivity contribution in [2.24, 2.45) is 5.92 Å². The molecule has 1 fully saturated rings. The molecule has 0 heterocycles. The summed E-state index contributed by atoms with van der Waals surface area (Å²) in [5, 5.41) is 11.7. The zero-order valence-corrected chi connectivity index (χ0v) is 10.3. The molecule has 0 aliphatic heterocycles. The van der Waals surface area contributed by atoms with Crippen LogP contribution < -0.4 is 5.32 Å². The van der Waals surface area contributed by atoms with E-state index in [9.17, 15) is 9.59 Å². The number of carboxylic acid groups (broad SMARTS) is 1. The molecule has 0 radical (unpaired) electrons. The van der Waals surface area contributed by atoms with Gasteiger partial charge in [0.25, 0.3) is 5.91 Å². The van der Waals surface area contributed by atoms with Crippen LogP contribution in [-0.4, -0.2) is 23.0 Å². The minimum Gasteiger partial charge on any atom is -0.478 e. The summed E-state index contributed by atoms with van der Waals surface area (Å²) in [6.45, 7) is 2.14. The molecule has 1 saturated carbocycles. The van der Waals surface area contributed by atoms with Gasteiger partial charge in [-0.2, -0.15) is 0 Å². The van der Waals surface area contributed by atoms with Crippen LogP contribution in [0.15, 0.2) is 24.3 Å². The fourth-order valence-corrected chi connectivity index (χ4v) is 2.13. The van der Waals surface area contributed by atoms with Crippen molar-refractivity contribution in [3.63, 3.8) is 0 Å². The van der Waals surface area contributed by atoms with E-state index in [1.807, 2.05) is 0 Å². The smallest absolute Gasteiger partial charge is 0.335 e. The molecule has 1 aromatic rings. The first kappa shape index (κ1) is 12.6. The van der Waals surface area contributed by atoms with Crippen LogP contribution in [-0.2, 0) is 0 Å². The first-order valence-corrected chi connectivity index (χ1v) is 6.26. The van der Waals surface area contributed by atoms with Crippen LogP contribution in [0.3, 0.4) is 0 Å². The topological polar surface area (TPSA) is 66.4 Å². The minimum absolute atomic E-state index is 0.115. The van der Waals surface area contributed by atoms with Crippen LogP contribution >= 0.6 is 0 Å². The molecule has 4 heteroatoms. The highest BCUT2D eigenvalue weighted by Crippen LogP contribution is 2.34. The molecule has 1 aliphatic carbocycles. The zero-order valence-electron chi connectivity index (χ0n) is 10.3. The molecule has 0 aromatic heterocycles. The van der Waals surface area contributed by atoms with Gasteiger partial charge < -0.3 is 10.4 Å². The molecular weight excluding hydrogens is 230 g/mol. The number of carboxylic acids is 1. The maximum Gasteiger partial charge on any atom is 0.335 e. The fraction of sp³-hybridized carbons (Fsp3) is 0.429. The largest absolute Gasteiger partial charge is 0.478 e. The summed E-state index contributed by atoms with van der Waals surface area (Å²) < 4.78 is 0. The maximum atomic E-state index is 11.9. The second-order valence-corrected chi connectivity index (χ2v) is 4.75. The highest BCUT2D eigenvalue weighted by atomic mass is 16.4. The van der Waals surface area contributed by atoms with E-state index in [-0.39, 0.29) is 11.5 Å². The number of hydrogen-bond acceptors (Lipinski definition) is 2. The molecular formula is C14H17NO3. The van der Waals surface area contributed by atoms with Crippen molar-refractivity contribution in [1.82, 2.24) is 5.32 Å². The predicted molar refractivity (Wildman–Crippen MR) is 67.7 cm³/mol. The standard InChI is InChI=1S/C14H17NO3/c1-2-3-11-8-12(11)15-13(16)9-4-6-10(7-5-9)14(17)18/h4-7,11-12H,2-3,8H2,1H3,(H,15,16)(H,17,18). The molecule has 2 atom stereocenters. The monoisotopic (exact) mass is 247 g/mol. The Morgan fingerprint density at radius 2 is 1.89 bits per heavy atom. The number of carbonyl (C=O) groups excluding carboxylic acids is 1. The third kappa shape index (κ3) is 2.88. The van der Waals surface area contributed by atoms with Crippen molar-refractivity contribution >= 4 is 11.9 Å². The maximum absolute atomic E-state index is 11.9. The molecule has 1 aliphatic rings. The molecule has 4 nitrogen and oxygen atoms in total. The lowest BCUT2D eigenvalue weighted by molar-refractivity contribution is 0.0696. The summed E-state index contributed by atoms with van der Waals surface area (Å²) in [5.74, 6) is -0.472. The van der Waals surface area contributed by atoms with Crippen LogP contribution in [0, 0.1) is 5.92 Å². The Kier molecular flexibility index (Phi) is 3.65. The normalized spacial score (nSPS) is 21.4. The molecule has 2 rings (SSSR count). The van der Waals surface area contributed by atoms with Crippen molar-refractivity contribution in [2.45, 2.75) is 32.2 Å². The average Bonchev–Trinajstić information content (AvgIpc) is 3.08. The lowest BCUT2D eigenvalue weighted by Crippen LogP contribution is -2.26. The summed E-state index contributed by atoms with van der Waals surface area (Å²) in [7, 11) is 0. The third-order valence-electron chi connectivity index (χ3n) is 3.29. The Morgan fingerprint density at radius 1 is 1.28 bits per heavy atom. The quantitative estimate of drug-likeness (QED) is 0.839. The Bertz CT molecular complexity index is 453. The number of carbonyl (C=O) groups is 2. The Morgan fingerprint density at radius 3 is 2.44 bits per heavy atom. The Labute approximate surface area is 106 Å². The van der Waals surface area contributed by atoms with Gasteiger partial charge in [0.05, 0.1) is 5.56 Å². The third-order valence-corrected chi connectivity index (χ3v) is 3.29. The SMILES string of the molecule is CCCC1CC1NC(=O)c1ccc(C(=O)O)cc1. The molecule has 2 unspecified atom stereocenters. The first-order chi connectivity index (χ1) is 8.61. The molecule has 0 bridgehead atoms. The first-order valence-electron chi connectivity index (χ1n) is 6.26. The van der Waals surface area contributed by atoms with Gasteiger partial charge in [-0.3, -0.25) is 4.79 Å². The Hall–Kier alpha value is -1.84. The van der Waals surface area contributed by atoms with Gasteiger partial charge >= 0.3 is 5.97 Å². The van der Waals surface area contributed by atoms with Gasteiger partial charge in [0.15, 0.2) is 0 Å². The van der Waals surface area contributed by atoms with E-state index >= 15 is 0 Å². The van der Waals surface area contributed by atoms with Crippen molar-refractivity contribution in [3.05, 3.63) is 35.4 Å². The number of aromatic carboxylic acids is 1. The van der Waals surface area contributed by atoms with Gasteiger partial charge in [-0.1, -0.05) is 13.3 Å². The van der Waals surface area contributed by atoms with Crippen molar-refractivity contribution in [2.75, 3.05) is 0 Å².